The average Bonchev–Trinajstić information content (AvgIpc) is 3.54. The Morgan fingerprint density at radius 2 is 2.14 bits per heavy atom. The number of nitrogens with one attached hydrogen (secondary N) is 2. The van der Waals surface area contributed by atoms with Crippen molar-refractivity contribution in [3.8, 4) is 5.88 Å². The zero-order valence-electron chi connectivity index (χ0n) is 20.5. The minimum Gasteiger partial charge on any atom is -0.481 e. The number of hydrogen-bond donors (Lipinski definition) is 2. The van der Waals surface area contributed by atoms with Gasteiger partial charge in [-0.25, -0.2) is 9.78 Å². The van der Waals surface area contributed by atoms with E-state index >= 15 is 0 Å². The molecule has 5 heterocycles. The summed E-state index contributed by atoms with van der Waals surface area (Å²) in [5.41, 5.74) is 4.25. The van der Waals surface area contributed by atoms with E-state index in [1.165, 1.54) is 11.8 Å². The highest BCUT2D eigenvalue weighted by Gasteiger charge is 2.33. The number of benzene rings is 1. The number of methoxy groups -OCH3 is 1. The van der Waals surface area contributed by atoms with Gasteiger partial charge in [0.2, 0.25) is 11.8 Å². The van der Waals surface area contributed by atoms with Crippen molar-refractivity contribution in [2.75, 3.05) is 54.2 Å². The van der Waals surface area contributed by atoms with Gasteiger partial charge >= 0.3 is 6.09 Å². The first-order chi connectivity index (χ1) is 18.1. The molecular weight excluding hydrogens is 492 g/mol. The zero-order valence-corrected chi connectivity index (χ0v) is 21.3. The number of rotatable bonds is 7. The van der Waals surface area contributed by atoms with Crippen LogP contribution in [0.2, 0.25) is 0 Å². The maximum atomic E-state index is 12.6. The molecule has 0 unspecified atom stereocenters. The molecule has 2 atom stereocenters. The lowest BCUT2D eigenvalue weighted by Crippen LogP contribution is -2.35. The third-order valence-corrected chi connectivity index (χ3v) is 8.03. The number of aromatic nitrogens is 2. The molecule has 0 bridgehead atoms. The first-order valence-electron chi connectivity index (χ1n) is 12.4. The number of cyclic esters (lactones) is 1. The molecule has 3 aliphatic heterocycles. The van der Waals surface area contributed by atoms with Crippen LogP contribution in [0, 0.1) is 0 Å². The highest BCUT2D eigenvalue weighted by atomic mass is 32.2. The Kier molecular flexibility index (Phi) is 6.47. The van der Waals surface area contributed by atoms with E-state index in [2.05, 4.69) is 25.5 Å². The Labute approximate surface area is 218 Å². The van der Waals surface area contributed by atoms with Crippen molar-refractivity contribution in [2.45, 2.75) is 29.9 Å². The van der Waals surface area contributed by atoms with E-state index in [9.17, 15) is 9.59 Å². The van der Waals surface area contributed by atoms with Gasteiger partial charge in [0.1, 0.15) is 11.6 Å². The van der Waals surface area contributed by atoms with Crippen molar-refractivity contribution in [1.82, 2.24) is 15.3 Å². The summed E-state index contributed by atoms with van der Waals surface area (Å²) in [7, 11) is 1.62. The number of nitrogens with zero attached hydrogens (tertiary/aromatic N) is 4. The van der Waals surface area contributed by atoms with Crippen molar-refractivity contribution in [3.63, 3.8) is 0 Å². The third kappa shape index (κ3) is 4.88. The molecule has 3 aliphatic rings. The van der Waals surface area contributed by atoms with E-state index in [-0.39, 0.29) is 18.1 Å². The smallest absolute Gasteiger partial charge is 0.414 e. The molecule has 37 heavy (non-hydrogen) atoms. The highest BCUT2D eigenvalue weighted by Crippen LogP contribution is 2.35. The monoisotopic (exact) mass is 520 g/mol. The predicted octanol–water partition coefficient (Wildman–Crippen LogP) is 3.27. The summed E-state index contributed by atoms with van der Waals surface area (Å²) in [6.07, 6.45) is 3.04. The number of hydrogen-bond acceptors (Lipinski definition) is 9. The Balaban J connectivity index is 1.03. The molecule has 192 valence electrons. The molecule has 0 spiro atoms. The van der Waals surface area contributed by atoms with E-state index < -0.39 is 0 Å². The number of carbonyl (C=O) groups excluding carboxylic acids is 2. The summed E-state index contributed by atoms with van der Waals surface area (Å²) < 4.78 is 10.9. The second-order valence-corrected chi connectivity index (χ2v) is 10.4. The summed E-state index contributed by atoms with van der Waals surface area (Å²) in [4.78, 5) is 38.3. The lowest BCUT2D eigenvalue weighted by Gasteiger charge is -2.21. The average molecular weight is 521 g/mol. The van der Waals surface area contributed by atoms with Crippen molar-refractivity contribution >= 4 is 51.9 Å². The highest BCUT2D eigenvalue weighted by molar-refractivity contribution is 8.00. The number of amides is 2. The van der Waals surface area contributed by atoms with E-state index in [1.54, 1.807) is 12.0 Å². The van der Waals surface area contributed by atoms with Crippen LogP contribution in [0.5, 0.6) is 5.88 Å². The molecule has 2 aromatic heterocycles. The fraction of sp³-hybridized carbons (Fsp3) is 0.385. The quantitative estimate of drug-likeness (QED) is 0.485. The topological polar surface area (TPSA) is 109 Å². The van der Waals surface area contributed by atoms with Gasteiger partial charge in [-0.2, -0.15) is 0 Å². The number of pyridine rings is 2. The molecule has 11 heteroatoms. The SMILES string of the molecule is COc1ccc2nccc(N3CC[C@@H](NCC[C@@H]4CN(c5ccc6c(c5)NC(=O)CS6)C(=O)O4)C3)c2n1. The van der Waals surface area contributed by atoms with E-state index in [0.717, 1.165) is 65.5 Å². The van der Waals surface area contributed by atoms with Gasteiger partial charge in [-0.1, -0.05) is 0 Å². The fourth-order valence-electron chi connectivity index (χ4n) is 5.08. The molecule has 0 radical (unpaired) electrons. The number of anilines is 3. The molecule has 10 nitrogen and oxygen atoms in total. The van der Waals surface area contributed by atoms with Gasteiger partial charge in [-0.3, -0.25) is 14.7 Å². The molecule has 2 amide bonds. The van der Waals surface area contributed by atoms with Gasteiger partial charge in [0.05, 0.1) is 36.3 Å². The van der Waals surface area contributed by atoms with Crippen LogP contribution in [-0.2, 0) is 9.53 Å². The van der Waals surface area contributed by atoms with E-state index in [0.29, 0.717) is 24.2 Å². The molecule has 3 aromatic rings. The second-order valence-electron chi connectivity index (χ2n) is 9.36. The minimum atomic E-state index is -0.348. The van der Waals surface area contributed by atoms with E-state index in [1.807, 2.05) is 42.6 Å². The first-order valence-corrected chi connectivity index (χ1v) is 13.4. The molecule has 0 aliphatic carbocycles. The predicted molar refractivity (Wildman–Crippen MR) is 143 cm³/mol. The van der Waals surface area contributed by atoms with Crippen LogP contribution in [0.3, 0.4) is 0 Å². The van der Waals surface area contributed by atoms with Gasteiger partial charge in [0, 0.05) is 42.0 Å². The van der Waals surface area contributed by atoms with Gasteiger partial charge in [0.15, 0.2) is 0 Å². The molecule has 2 saturated heterocycles. The minimum absolute atomic E-state index is 0.0267. The maximum Gasteiger partial charge on any atom is 0.414 e. The number of fused-ring (bicyclic) bond motifs is 2. The lowest BCUT2D eigenvalue weighted by molar-refractivity contribution is -0.113. The maximum absolute atomic E-state index is 12.6. The van der Waals surface area contributed by atoms with Gasteiger partial charge < -0.3 is 25.0 Å². The van der Waals surface area contributed by atoms with Crippen LogP contribution in [0.1, 0.15) is 12.8 Å². The van der Waals surface area contributed by atoms with Gasteiger partial charge in [-0.15, -0.1) is 11.8 Å². The van der Waals surface area contributed by atoms with Gasteiger partial charge in [-0.05, 0) is 49.7 Å². The zero-order chi connectivity index (χ0) is 25.4. The van der Waals surface area contributed by atoms with Crippen LogP contribution < -0.4 is 25.2 Å². The number of thioether (sulfide) groups is 1. The summed E-state index contributed by atoms with van der Waals surface area (Å²) in [6, 6.07) is 11.8. The third-order valence-electron chi connectivity index (χ3n) is 6.96. The number of ether oxygens (including phenoxy) is 2. The lowest BCUT2D eigenvalue weighted by atomic mass is 10.2. The summed E-state index contributed by atoms with van der Waals surface area (Å²) in [6.45, 7) is 3.04. The standard InChI is InChI=1S/C26H28N6O4S/c1-35-24-5-3-19-25(30-24)21(7-10-28-19)31-11-8-16(13-31)27-9-6-18-14-32(26(34)36-18)17-2-4-22-20(12-17)29-23(33)15-37-22/h2-5,7,10,12,16,18,27H,6,8-9,11,13-15H2,1H3,(H,29,33)/t16-,18-/m1/s1. The van der Waals surface area contributed by atoms with Gasteiger partial charge in [0.25, 0.3) is 0 Å². The van der Waals surface area contributed by atoms with E-state index in [4.69, 9.17) is 9.47 Å². The normalized spacial score (nSPS) is 21.2. The molecule has 2 N–H and O–H groups in total. The van der Waals surface area contributed by atoms with Crippen molar-refractivity contribution in [2.24, 2.45) is 0 Å². The largest absolute Gasteiger partial charge is 0.481 e. The Morgan fingerprint density at radius 1 is 1.22 bits per heavy atom. The molecule has 2 fully saturated rings. The molecular formula is C26H28N6O4S. The molecule has 1 aromatic carbocycles. The Morgan fingerprint density at radius 3 is 3.03 bits per heavy atom. The number of carbonyl (C=O) groups is 2. The molecule has 6 rings (SSSR count). The van der Waals surface area contributed by atoms with Crippen molar-refractivity contribution in [3.05, 3.63) is 42.6 Å². The fourth-order valence-corrected chi connectivity index (χ4v) is 5.87. The summed E-state index contributed by atoms with van der Waals surface area (Å²) >= 11 is 1.50. The summed E-state index contributed by atoms with van der Waals surface area (Å²) in [5.74, 6) is 0.965. The van der Waals surface area contributed by atoms with Crippen LogP contribution in [0.25, 0.3) is 11.0 Å². The molecule has 0 saturated carbocycles. The Hall–Kier alpha value is -3.57. The summed E-state index contributed by atoms with van der Waals surface area (Å²) in [5, 5.41) is 6.51. The van der Waals surface area contributed by atoms with Crippen LogP contribution in [0.4, 0.5) is 21.9 Å². The van der Waals surface area contributed by atoms with Crippen LogP contribution in [-0.4, -0.2) is 73.2 Å². The first kappa shape index (κ1) is 23.8. The van der Waals surface area contributed by atoms with Crippen molar-refractivity contribution in [1.29, 1.82) is 0 Å². The second kappa shape index (κ2) is 10.1. The van der Waals surface area contributed by atoms with Crippen molar-refractivity contribution < 1.29 is 19.1 Å². The Bertz CT molecular complexity index is 1350. The van der Waals surface area contributed by atoms with Crippen LogP contribution >= 0.6 is 11.8 Å². The van der Waals surface area contributed by atoms with Crippen LogP contribution in [0.15, 0.2) is 47.5 Å².